The molecule has 0 saturated heterocycles. The van der Waals surface area contributed by atoms with Gasteiger partial charge in [0, 0.05) is 33.6 Å². The van der Waals surface area contributed by atoms with Gasteiger partial charge in [-0.1, -0.05) is 45.2 Å². The summed E-state index contributed by atoms with van der Waals surface area (Å²) in [6, 6.07) is 20.2. The summed E-state index contributed by atoms with van der Waals surface area (Å²) in [5.41, 5.74) is 3.78. The van der Waals surface area contributed by atoms with Gasteiger partial charge in [0.25, 0.3) is 11.8 Å². The van der Waals surface area contributed by atoms with Crippen LogP contribution < -0.4 is 26.0 Å². The maximum absolute atomic E-state index is 13.1. The normalized spacial score (nSPS) is 21.5. The van der Waals surface area contributed by atoms with Gasteiger partial charge in [-0.05, 0) is 80.6 Å². The van der Waals surface area contributed by atoms with Gasteiger partial charge in [-0.2, -0.15) is 0 Å². The molecule has 40 heavy (non-hydrogen) atoms. The number of nitrogens with one attached hydrogen (secondary N) is 4. The lowest BCUT2D eigenvalue weighted by Gasteiger charge is -2.12. The van der Waals surface area contributed by atoms with Gasteiger partial charge in [0.05, 0.1) is 19.2 Å². The van der Waals surface area contributed by atoms with E-state index in [9.17, 15) is 9.59 Å². The van der Waals surface area contributed by atoms with Gasteiger partial charge in [0.2, 0.25) is 0 Å². The van der Waals surface area contributed by atoms with Crippen molar-refractivity contribution in [1.82, 2.24) is 10.6 Å². The number of alkyl halides is 2. The van der Waals surface area contributed by atoms with Crippen LogP contribution in [0.3, 0.4) is 0 Å². The van der Waals surface area contributed by atoms with E-state index in [0.717, 1.165) is 22.8 Å². The molecule has 206 valence electrons. The first-order chi connectivity index (χ1) is 19.2. The Kier molecular flexibility index (Phi) is 8.59. The molecule has 0 saturated carbocycles. The van der Waals surface area contributed by atoms with Crippen LogP contribution in [0.2, 0.25) is 0 Å². The van der Waals surface area contributed by atoms with Crippen molar-refractivity contribution >= 4 is 80.0 Å². The summed E-state index contributed by atoms with van der Waals surface area (Å²) in [5, 5.41) is 12.5. The quantitative estimate of drug-likeness (QED) is 0.150. The van der Waals surface area contributed by atoms with Crippen molar-refractivity contribution in [2.75, 3.05) is 17.7 Å². The fourth-order valence-electron chi connectivity index (χ4n) is 4.24. The van der Waals surface area contributed by atoms with Gasteiger partial charge in [-0.3, -0.25) is 19.6 Å². The summed E-state index contributed by atoms with van der Waals surface area (Å²) < 4.78 is 5.74. The predicted octanol–water partition coefficient (Wildman–Crippen LogP) is 5.20. The molecule has 3 aromatic carbocycles. The lowest BCUT2D eigenvalue weighted by Crippen LogP contribution is -2.29. The first kappa shape index (κ1) is 28.3. The summed E-state index contributed by atoms with van der Waals surface area (Å²) >= 11 is 4.61. The van der Waals surface area contributed by atoms with Crippen LogP contribution in [-0.4, -0.2) is 50.8 Å². The number of rotatable bonds is 7. The van der Waals surface area contributed by atoms with Gasteiger partial charge >= 0.3 is 0 Å². The highest BCUT2D eigenvalue weighted by Crippen LogP contribution is 2.23. The minimum Gasteiger partial charge on any atom is -0.497 e. The molecule has 0 aromatic heterocycles. The van der Waals surface area contributed by atoms with Crippen molar-refractivity contribution in [3.05, 3.63) is 89.0 Å². The Balaban J connectivity index is 1.26. The molecular weight excluding hydrogens is 734 g/mol. The van der Waals surface area contributed by atoms with Crippen LogP contribution in [0.4, 0.5) is 11.4 Å². The van der Waals surface area contributed by atoms with Crippen molar-refractivity contribution in [3.63, 3.8) is 0 Å². The number of amides is 2. The molecule has 0 bridgehead atoms. The largest absolute Gasteiger partial charge is 0.497 e. The number of aliphatic imine (C=N–C) groups is 2. The van der Waals surface area contributed by atoms with E-state index in [1.54, 1.807) is 18.2 Å². The molecule has 9 nitrogen and oxygen atoms in total. The monoisotopic (exact) mass is 762 g/mol. The number of hydrogen-bond donors (Lipinski definition) is 4. The number of methoxy groups -OCH3 is 1. The first-order valence-corrected chi connectivity index (χ1v) is 15.2. The molecule has 11 heteroatoms. The predicted molar refractivity (Wildman–Crippen MR) is 176 cm³/mol. The fourth-order valence-corrected chi connectivity index (χ4v) is 5.15. The van der Waals surface area contributed by atoms with E-state index in [2.05, 4.69) is 90.3 Å². The average molecular weight is 762 g/mol. The molecule has 3 aromatic rings. The third kappa shape index (κ3) is 6.40. The number of carbonyl (C=O) groups excluding carboxylic acids is 2. The lowest BCUT2D eigenvalue weighted by atomic mass is 10.1. The molecule has 5 rings (SSSR count). The standard InChI is InChI=1S/C29H28I2N6O3/c1-15-24(30)36-26(32-15)17-4-8-21(9-5-17)34-28(38)19-12-20(14-23(13-19)40-3)29(39)35-22-10-6-18(7-11-22)27-33-16(2)25(31)37-27/h4-16,24-25H,1-3H3,(H,32,36)(H,33,37)(H,34,38)(H,35,39). The summed E-state index contributed by atoms with van der Waals surface area (Å²) in [4.78, 5) is 35.4. The molecule has 4 N–H and O–H groups in total. The molecule has 2 amide bonds. The Morgan fingerprint density at radius 3 is 1.45 bits per heavy atom. The van der Waals surface area contributed by atoms with E-state index in [1.807, 2.05) is 48.5 Å². The van der Waals surface area contributed by atoms with E-state index in [-0.39, 0.29) is 32.0 Å². The van der Waals surface area contributed by atoms with Gasteiger partial charge in [0.1, 0.15) is 25.5 Å². The molecule has 2 aliphatic rings. The van der Waals surface area contributed by atoms with Crippen molar-refractivity contribution in [3.8, 4) is 5.75 Å². The molecule has 2 aliphatic heterocycles. The van der Waals surface area contributed by atoms with Crippen LogP contribution >= 0.6 is 45.2 Å². The summed E-state index contributed by atoms with van der Waals surface area (Å²) in [6.07, 6.45) is 0. The second-order valence-electron chi connectivity index (χ2n) is 9.58. The average Bonchev–Trinajstić information content (AvgIpc) is 3.48. The van der Waals surface area contributed by atoms with E-state index in [1.165, 1.54) is 7.11 Å². The Labute approximate surface area is 259 Å². The number of anilines is 2. The van der Waals surface area contributed by atoms with Crippen LogP contribution in [0.15, 0.2) is 76.7 Å². The summed E-state index contributed by atoms with van der Waals surface area (Å²) in [5.74, 6) is 1.39. The number of benzene rings is 3. The van der Waals surface area contributed by atoms with Crippen molar-refractivity contribution in [1.29, 1.82) is 0 Å². The SMILES string of the molecule is COc1cc(C(=O)Nc2ccc(C3=NC(I)C(C)N3)cc2)cc(C(=O)Nc2ccc(C3=NC(I)C(C)N3)cc2)c1. The molecule has 0 fully saturated rings. The number of hydrogen-bond acceptors (Lipinski definition) is 7. The number of ether oxygens (including phenoxy) is 1. The Morgan fingerprint density at radius 2 is 1.12 bits per heavy atom. The van der Waals surface area contributed by atoms with E-state index in [4.69, 9.17) is 4.74 Å². The molecular formula is C29H28I2N6O3. The zero-order valence-electron chi connectivity index (χ0n) is 22.0. The van der Waals surface area contributed by atoms with Crippen molar-refractivity contribution < 1.29 is 14.3 Å². The highest BCUT2D eigenvalue weighted by Gasteiger charge is 2.24. The summed E-state index contributed by atoms with van der Waals surface area (Å²) in [7, 11) is 1.50. The number of carbonyl (C=O) groups is 2. The molecule has 4 unspecified atom stereocenters. The van der Waals surface area contributed by atoms with Crippen LogP contribution in [0, 0.1) is 0 Å². The minimum atomic E-state index is -0.352. The molecule has 0 spiro atoms. The molecule has 0 radical (unpaired) electrons. The van der Waals surface area contributed by atoms with Crippen LogP contribution in [0.5, 0.6) is 5.75 Å². The number of halogens is 2. The van der Waals surface area contributed by atoms with E-state index in [0.29, 0.717) is 28.3 Å². The van der Waals surface area contributed by atoms with Crippen LogP contribution in [-0.2, 0) is 0 Å². The summed E-state index contributed by atoms with van der Waals surface area (Å²) in [6.45, 7) is 4.18. The molecule has 0 aliphatic carbocycles. The maximum Gasteiger partial charge on any atom is 0.255 e. The Morgan fingerprint density at radius 1 is 0.725 bits per heavy atom. The van der Waals surface area contributed by atoms with Gasteiger partial charge in [-0.25, -0.2) is 0 Å². The fraction of sp³-hybridized carbons (Fsp3) is 0.241. The number of nitrogens with zero attached hydrogens (tertiary/aromatic N) is 2. The van der Waals surface area contributed by atoms with Crippen molar-refractivity contribution in [2.24, 2.45) is 9.98 Å². The van der Waals surface area contributed by atoms with Gasteiger partial charge < -0.3 is 26.0 Å². The highest BCUT2D eigenvalue weighted by molar-refractivity contribution is 14.1. The molecule has 2 heterocycles. The van der Waals surface area contributed by atoms with E-state index < -0.39 is 0 Å². The molecule has 4 atom stereocenters. The topological polar surface area (TPSA) is 116 Å². The Hall–Kier alpha value is -3.20. The third-order valence-electron chi connectivity index (χ3n) is 6.56. The van der Waals surface area contributed by atoms with Crippen LogP contribution in [0.1, 0.15) is 45.7 Å². The maximum atomic E-state index is 13.1. The zero-order valence-corrected chi connectivity index (χ0v) is 26.4. The first-order valence-electron chi connectivity index (χ1n) is 12.7. The van der Waals surface area contributed by atoms with Crippen LogP contribution in [0.25, 0.3) is 0 Å². The number of amidine groups is 2. The minimum absolute atomic E-state index is 0.183. The highest BCUT2D eigenvalue weighted by atomic mass is 127. The smallest absolute Gasteiger partial charge is 0.255 e. The van der Waals surface area contributed by atoms with Crippen molar-refractivity contribution in [2.45, 2.75) is 34.0 Å². The second-order valence-corrected chi connectivity index (χ2v) is 12.1. The van der Waals surface area contributed by atoms with Gasteiger partial charge in [-0.15, -0.1) is 0 Å². The van der Waals surface area contributed by atoms with E-state index >= 15 is 0 Å². The Bertz CT molecular complexity index is 1380. The lowest BCUT2D eigenvalue weighted by molar-refractivity contribution is 0.102. The second kappa shape index (κ2) is 12.1. The third-order valence-corrected chi connectivity index (χ3v) is 9.27. The zero-order chi connectivity index (χ0) is 28.4. The van der Waals surface area contributed by atoms with Gasteiger partial charge in [0.15, 0.2) is 0 Å².